The molecule has 158 valence electrons. The highest BCUT2D eigenvalue weighted by molar-refractivity contribution is 7.15. The maximum Gasteiger partial charge on any atom is 0.222 e. The van der Waals surface area contributed by atoms with Gasteiger partial charge in [0.15, 0.2) is 5.82 Å². The van der Waals surface area contributed by atoms with Crippen LogP contribution in [0.1, 0.15) is 32.2 Å². The van der Waals surface area contributed by atoms with E-state index in [1.54, 1.807) is 18.4 Å². The van der Waals surface area contributed by atoms with Crippen LogP contribution in [0.15, 0.2) is 30.5 Å². The lowest BCUT2D eigenvalue weighted by Crippen LogP contribution is -2.45. The largest absolute Gasteiger partial charge is 0.481 e. The van der Waals surface area contributed by atoms with E-state index < -0.39 is 0 Å². The quantitative estimate of drug-likeness (QED) is 0.665. The molecule has 1 aliphatic rings. The van der Waals surface area contributed by atoms with E-state index in [-0.39, 0.29) is 5.54 Å². The zero-order valence-electron chi connectivity index (χ0n) is 18.1. The Balaban J connectivity index is 1.50. The smallest absolute Gasteiger partial charge is 0.222 e. The number of anilines is 1. The molecule has 0 aliphatic carbocycles. The first-order valence-electron chi connectivity index (χ1n) is 10.2. The van der Waals surface area contributed by atoms with Crippen LogP contribution < -0.4 is 15.0 Å². The molecule has 0 bridgehead atoms. The average Bonchev–Trinajstić information content (AvgIpc) is 3.35. The van der Waals surface area contributed by atoms with Crippen molar-refractivity contribution in [3.8, 4) is 27.7 Å². The second kappa shape index (κ2) is 8.28. The van der Waals surface area contributed by atoms with Crippen molar-refractivity contribution in [2.24, 2.45) is 0 Å². The van der Waals surface area contributed by atoms with Crippen LogP contribution in [0.2, 0.25) is 0 Å². The predicted octanol–water partition coefficient (Wildman–Crippen LogP) is 3.95. The summed E-state index contributed by atoms with van der Waals surface area (Å²) in [5.74, 6) is 1.47. The topological polar surface area (TPSA) is 76.1 Å². The SMILES string of the molecule is COc1nc(-c2ccc(N3CC[C@H](NC(C)(C)C)C3)nn2)ccc1-c1cnc(C)s1. The molecule has 0 spiro atoms. The Bertz CT molecular complexity index is 1010. The van der Waals surface area contributed by atoms with Gasteiger partial charge in [-0.25, -0.2) is 9.97 Å². The Morgan fingerprint density at radius 3 is 2.57 bits per heavy atom. The van der Waals surface area contributed by atoms with Gasteiger partial charge in [-0.2, -0.15) is 0 Å². The molecule has 7 nitrogen and oxygen atoms in total. The minimum atomic E-state index is 0.116. The normalized spacial score (nSPS) is 16.8. The summed E-state index contributed by atoms with van der Waals surface area (Å²) in [4.78, 5) is 12.3. The third-order valence-corrected chi connectivity index (χ3v) is 5.95. The van der Waals surface area contributed by atoms with Crippen molar-refractivity contribution in [1.29, 1.82) is 0 Å². The number of hydrogen-bond acceptors (Lipinski definition) is 8. The number of pyridine rings is 1. The van der Waals surface area contributed by atoms with E-state index in [2.05, 4.69) is 51.2 Å². The van der Waals surface area contributed by atoms with Crippen LogP contribution >= 0.6 is 11.3 Å². The molecule has 8 heteroatoms. The zero-order valence-corrected chi connectivity index (χ0v) is 19.0. The molecule has 4 heterocycles. The van der Waals surface area contributed by atoms with Gasteiger partial charge in [0.25, 0.3) is 0 Å². The van der Waals surface area contributed by atoms with Crippen LogP contribution in [0.4, 0.5) is 5.82 Å². The molecule has 3 aromatic heterocycles. The molecule has 1 saturated heterocycles. The second-order valence-corrected chi connectivity index (χ2v) is 9.83. The zero-order chi connectivity index (χ0) is 21.3. The molecule has 0 amide bonds. The molecule has 3 aromatic rings. The van der Waals surface area contributed by atoms with Gasteiger partial charge in [-0.15, -0.1) is 21.5 Å². The molecule has 30 heavy (non-hydrogen) atoms. The van der Waals surface area contributed by atoms with Crippen LogP contribution in [0, 0.1) is 6.92 Å². The number of thiazole rings is 1. The number of aryl methyl sites for hydroxylation is 1. The molecule has 1 atom stereocenters. The maximum atomic E-state index is 5.53. The number of rotatable bonds is 5. The van der Waals surface area contributed by atoms with Crippen molar-refractivity contribution in [2.75, 3.05) is 25.1 Å². The lowest BCUT2D eigenvalue weighted by Gasteiger charge is -2.26. The van der Waals surface area contributed by atoms with Crippen molar-refractivity contribution in [1.82, 2.24) is 25.5 Å². The summed E-state index contributed by atoms with van der Waals surface area (Å²) >= 11 is 1.62. The Kier molecular flexibility index (Phi) is 5.71. The molecule has 1 fully saturated rings. The van der Waals surface area contributed by atoms with E-state index in [9.17, 15) is 0 Å². The summed E-state index contributed by atoms with van der Waals surface area (Å²) in [6.07, 6.45) is 2.96. The highest BCUT2D eigenvalue weighted by Crippen LogP contribution is 2.34. The van der Waals surface area contributed by atoms with Gasteiger partial charge in [-0.1, -0.05) is 0 Å². The highest BCUT2D eigenvalue weighted by atomic mass is 32.1. The van der Waals surface area contributed by atoms with Gasteiger partial charge in [-0.05, 0) is 58.4 Å². The van der Waals surface area contributed by atoms with Crippen LogP contribution in [-0.2, 0) is 0 Å². The van der Waals surface area contributed by atoms with Crippen molar-refractivity contribution >= 4 is 17.2 Å². The number of methoxy groups -OCH3 is 1. The summed E-state index contributed by atoms with van der Waals surface area (Å²) in [5.41, 5.74) is 2.52. The fourth-order valence-electron chi connectivity index (χ4n) is 3.74. The lowest BCUT2D eigenvalue weighted by atomic mass is 10.1. The average molecular weight is 425 g/mol. The maximum absolute atomic E-state index is 5.53. The number of aromatic nitrogens is 4. The standard InChI is InChI=1S/C22H28N6OS/c1-14-23-12-19(30-14)16-6-7-17(24-21(16)29-5)18-8-9-20(27-26-18)28-11-10-15(13-28)25-22(2,3)4/h6-9,12,15,25H,10-11,13H2,1-5H3/t15-/m0/s1. The molecule has 0 unspecified atom stereocenters. The molecule has 0 aromatic carbocycles. The first-order chi connectivity index (χ1) is 14.3. The van der Waals surface area contributed by atoms with Crippen molar-refractivity contribution in [2.45, 2.75) is 45.7 Å². The predicted molar refractivity (Wildman–Crippen MR) is 121 cm³/mol. The van der Waals surface area contributed by atoms with Gasteiger partial charge >= 0.3 is 0 Å². The molecule has 1 aliphatic heterocycles. The van der Waals surface area contributed by atoms with Gasteiger partial charge in [0, 0.05) is 30.9 Å². The van der Waals surface area contributed by atoms with Gasteiger partial charge < -0.3 is 15.0 Å². The van der Waals surface area contributed by atoms with Crippen molar-refractivity contribution < 1.29 is 4.74 Å². The monoisotopic (exact) mass is 424 g/mol. The Labute approximate surface area is 181 Å². The number of ether oxygens (including phenoxy) is 1. The Morgan fingerprint density at radius 2 is 1.93 bits per heavy atom. The van der Waals surface area contributed by atoms with Crippen molar-refractivity contribution in [3.05, 3.63) is 35.5 Å². The molecule has 4 rings (SSSR count). The third kappa shape index (κ3) is 4.60. The van der Waals surface area contributed by atoms with Gasteiger partial charge in [0.2, 0.25) is 5.88 Å². The number of hydrogen-bond donors (Lipinski definition) is 1. The van der Waals surface area contributed by atoms with E-state index in [1.165, 1.54) is 0 Å². The summed E-state index contributed by atoms with van der Waals surface area (Å²) in [7, 11) is 1.63. The van der Waals surface area contributed by atoms with E-state index in [0.717, 1.165) is 52.2 Å². The van der Waals surface area contributed by atoms with E-state index in [1.807, 2.05) is 37.4 Å². The molecule has 1 N–H and O–H groups in total. The van der Waals surface area contributed by atoms with Crippen LogP contribution in [0.5, 0.6) is 5.88 Å². The summed E-state index contributed by atoms with van der Waals surface area (Å²) in [5, 5.41) is 13.6. The summed E-state index contributed by atoms with van der Waals surface area (Å²) in [6, 6.07) is 8.44. The van der Waals surface area contributed by atoms with Crippen molar-refractivity contribution in [3.63, 3.8) is 0 Å². The third-order valence-electron chi connectivity index (χ3n) is 5.00. The van der Waals surface area contributed by atoms with Gasteiger partial charge in [-0.3, -0.25) is 0 Å². The van der Waals surface area contributed by atoms with Crippen LogP contribution in [0.3, 0.4) is 0 Å². The van der Waals surface area contributed by atoms with Gasteiger partial charge in [0.05, 0.1) is 28.3 Å². The molecular weight excluding hydrogens is 396 g/mol. The first-order valence-corrected chi connectivity index (χ1v) is 11.0. The van der Waals surface area contributed by atoms with Crippen LogP contribution in [0.25, 0.3) is 21.8 Å². The van der Waals surface area contributed by atoms with E-state index >= 15 is 0 Å². The first kappa shape index (κ1) is 20.7. The Morgan fingerprint density at radius 1 is 1.13 bits per heavy atom. The minimum absolute atomic E-state index is 0.116. The highest BCUT2D eigenvalue weighted by Gasteiger charge is 2.26. The second-order valence-electron chi connectivity index (χ2n) is 8.60. The van der Waals surface area contributed by atoms with Crippen LogP contribution in [-0.4, -0.2) is 51.9 Å². The number of nitrogens with zero attached hydrogens (tertiary/aromatic N) is 5. The summed E-state index contributed by atoms with van der Waals surface area (Å²) in [6.45, 7) is 10.5. The van der Waals surface area contributed by atoms with E-state index in [0.29, 0.717) is 11.9 Å². The fourth-order valence-corrected chi connectivity index (χ4v) is 4.54. The molecule has 0 radical (unpaired) electrons. The lowest BCUT2D eigenvalue weighted by molar-refractivity contribution is 0.373. The van der Waals surface area contributed by atoms with E-state index in [4.69, 9.17) is 4.74 Å². The summed E-state index contributed by atoms with van der Waals surface area (Å²) < 4.78 is 5.53. The number of nitrogens with one attached hydrogen (secondary N) is 1. The van der Waals surface area contributed by atoms with Gasteiger partial charge in [0.1, 0.15) is 5.69 Å². The molecular formula is C22H28N6OS. The Hall–Kier alpha value is -2.58. The fraction of sp³-hybridized carbons (Fsp3) is 0.455. The molecule has 0 saturated carbocycles. The minimum Gasteiger partial charge on any atom is -0.481 e.